The number of aromatic carboxylic acids is 1. The molecule has 0 bridgehead atoms. The number of Topliss-reactive ketones (excluding diaryl/α,β-unsaturated/α-hetero) is 1. The van der Waals surface area contributed by atoms with Gasteiger partial charge in [0, 0.05) is 0 Å². The van der Waals surface area contributed by atoms with Crippen LogP contribution in [0.5, 0.6) is 0 Å². The van der Waals surface area contributed by atoms with E-state index in [2.05, 4.69) is 0 Å². The smallest absolute Gasteiger partial charge is 1.00 e. The van der Waals surface area contributed by atoms with Gasteiger partial charge < -0.3 is 0 Å². The molecule has 0 radical (unpaired) electrons. The van der Waals surface area contributed by atoms with Crippen molar-refractivity contribution in [3.05, 3.63) is 35.4 Å². The van der Waals surface area contributed by atoms with Gasteiger partial charge >= 0.3 is 179 Å². The second-order valence-corrected chi connectivity index (χ2v) is 8.14. The van der Waals surface area contributed by atoms with E-state index in [1.807, 2.05) is 0 Å². The van der Waals surface area contributed by atoms with Crippen LogP contribution in [0.25, 0.3) is 0 Å². The molecule has 8 nitrogen and oxygen atoms in total. The third-order valence-corrected chi connectivity index (χ3v) is 6.33. The van der Waals surface area contributed by atoms with Crippen LogP contribution in [0.2, 0.25) is 5.32 Å². The van der Waals surface area contributed by atoms with E-state index in [4.69, 9.17) is 9.84 Å². The molecule has 0 aromatic heterocycles. The van der Waals surface area contributed by atoms with E-state index in [1.165, 1.54) is 24.3 Å². The molecule has 5 unspecified atom stereocenters. The van der Waals surface area contributed by atoms with Crippen LogP contribution in [0.3, 0.4) is 0 Å². The largest absolute Gasteiger partial charge is 1.00 e. The molecule has 1 fully saturated rings. The number of carboxylic acids is 1. The Morgan fingerprint density at radius 3 is 2.15 bits per heavy atom. The summed E-state index contributed by atoms with van der Waals surface area (Å²) in [6.45, 7) is -0.485. The molecular formula is C16H19NaO8Se. The molecule has 0 spiro atoms. The van der Waals surface area contributed by atoms with E-state index in [1.54, 1.807) is 0 Å². The Morgan fingerprint density at radius 2 is 1.62 bits per heavy atom. The molecule has 0 amide bonds. The average molecular weight is 441 g/mol. The van der Waals surface area contributed by atoms with Crippen molar-refractivity contribution in [3.8, 4) is 0 Å². The van der Waals surface area contributed by atoms with E-state index in [0.29, 0.717) is 10.9 Å². The SMILES string of the molecule is O=C([O-])c1ccc(C(=O)CC[Se]C2OC(CO)C(O)C(O)C2O)cc1.[Na+]. The van der Waals surface area contributed by atoms with Gasteiger partial charge in [-0.1, -0.05) is 0 Å². The molecule has 1 heterocycles. The number of hydrogen-bond donors (Lipinski definition) is 4. The van der Waals surface area contributed by atoms with Crippen molar-refractivity contribution in [2.24, 2.45) is 0 Å². The molecule has 26 heavy (non-hydrogen) atoms. The number of carboxylic acid groups (broad SMARTS) is 1. The molecular weight excluding hydrogens is 422 g/mol. The number of ether oxygens (including phenoxy) is 1. The standard InChI is InChI=1S/C16H20O8Se.Na/c17-7-11-12(19)13(20)14(21)16(24-11)25-6-5-10(18)8-1-3-9(4-2-8)15(22)23;/h1-4,11-14,16-17,19-21H,5-7H2,(H,22,23);/q;+1/p-1. The first-order valence-electron chi connectivity index (χ1n) is 7.62. The van der Waals surface area contributed by atoms with Crippen LogP contribution in [-0.2, 0) is 4.74 Å². The van der Waals surface area contributed by atoms with Crippen LogP contribution in [0.1, 0.15) is 27.1 Å². The Hall–Kier alpha value is -0.321. The van der Waals surface area contributed by atoms with Crippen LogP contribution in [-0.4, -0.2) is 83.2 Å². The molecule has 5 atom stereocenters. The van der Waals surface area contributed by atoms with Gasteiger partial charge in [0.1, 0.15) is 0 Å². The van der Waals surface area contributed by atoms with Crippen molar-refractivity contribution in [1.82, 2.24) is 0 Å². The molecule has 1 aromatic carbocycles. The Labute approximate surface area is 178 Å². The number of carbonyl (C=O) groups is 2. The number of hydrogen-bond acceptors (Lipinski definition) is 8. The maximum Gasteiger partial charge on any atom is 1.00 e. The predicted octanol–water partition coefficient (Wildman–Crippen LogP) is -5.45. The quantitative estimate of drug-likeness (QED) is 0.242. The van der Waals surface area contributed by atoms with E-state index in [9.17, 15) is 30.0 Å². The maximum atomic E-state index is 12.1. The maximum absolute atomic E-state index is 12.1. The third kappa shape index (κ3) is 5.84. The zero-order chi connectivity index (χ0) is 18.6. The fourth-order valence-electron chi connectivity index (χ4n) is 2.41. The minimum absolute atomic E-state index is 0. The van der Waals surface area contributed by atoms with E-state index >= 15 is 0 Å². The van der Waals surface area contributed by atoms with Crippen molar-refractivity contribution in [2.75, 3.05) is 6.61 Å². The van der Waals surface area contributed by atoms with E-state index < -0.39 is 42.0 Å². The van der Waals surface area contributed by atoms with Gasteiger partial charge in [-0.25, -0.2) is 0 Å². The number of aliphatic hydroxyl groups excluding tert-OH is 4. The number of aliphatic hydroxyl groups is 4. The monoisotopic (exact) mass is 442 g/mol. The van der Waals surface area contributed by atoms with Gasteiger partial charge in [-0.3, -0.25) is 0 Å². The second-order valence-electron chi connectivity index (χ2n) is 5.61. The van der Waals surface area contributed by atoms with Crippen LogP contribution in [0.4, 0.5) is 0 Å². The number of benzene rings is 1. The molecule has 2 rings (SSSR count). The Bertz CT molecular complexity index is 609. The normalized spacial score (nSPS) is 28.2. The molecule has 1 aliphatic heterocycles. The van der Waals surface area contributed by atoms with Crippen LogP contribution >= 0.6 is 0 Å². The first-order chi connectivity index (χ1) is 11.8. The second kappa shape index (κ2) is 10.9. The molecule has 1 aliphatic rings. The molecule has 10 heteroatoms. The van der Waals surface area contributed by atoms with Gasteiger partial charge in [-0.05, 0) is 0 Å². The van der Waals surface area contributed by atoms with Crippen LogP contribution < -0.4 is 34.7 Å². The predicted molar refractivity (Wildman–Crippen MR) is 84.0 cm³/mol. The minimum atomic E-state index is -1.41. The van der Waals surface area contributed by atoms with Gasteiger partial charge in [-0.15, -0.1) is 0 Å². The van der Waals surface area contributed by atoms with Crippen molar-refractivity contribution >= 4 is 26.7 Å². The molecule has 1 saturated heterocycles. The first-order valence-corrected chi connectivity index (χ1v) is 9.82. The zero-order valence-corrected chi connectivity index (χ0v) is 17.9. The molecule has 0 aliphatic carbocycles. The van der Waals surface area contributed by atoms with Crippen molar-refractivity contribution in [2.45, 2.75) is 41.2 Å². The average Bonchev–Trinajstić information content (AvgIpc) is 2.61. The first kappa shape index (κ1) is 23.7. The number of rotatable bonds is 7. The summed E-state index contributed by atoms with van der Waals surface area (Å²) >= 11 is -0.367. The zero-order valence-electron chi connectivity index (χ0n) is 14.1. The third-order valence-electron chi connectivity index (χ3n) is 3.90. The Balaban J connectivity index is 0.00000338. The molecule has 4 N–H and O–H groups in total. The molecule has 0 saturated carbocycles. The summed E-state index contributed by atoms with van der Waals surface area (Å²) in [5.74, 6) is -1.50. The fraction of sp³-hybridized carbons (Fsp3) is 0.500. The molecule has 138 valence electrons. The van der Waals surface area contributed by atoms with Gasteiger partial charge in [0.25, 0.3) is 0 Å². The summed E-state index contributed by atoms with van der Waals surface area (Å²) < 4.78 is 5.39. The summed E-state index contributed by atoms with van der Waals surface area (Å²) in [7, 11) is 0. The van der Waals surface area contributed by atoms with Gasteiger partial charge in [0.15, 0.2) is 0 Å². The van der Waals surface area contributed by atoms with Crippen molar-refractivity contribution < 1.29 is 69.4 Å². The Kier molecular flexibility index (Phi) is 9.92. The van der Waals surface area contributed by atoms with Crippen LogP contribution in [0.15, 0.2) is 24.3 Å². The summed E-state index contributed by atoms with van der Waals surface area (Å²) in [5, 5.41) is 48.9. The topological polar surface area (TPSA) is 147 Å². The van der Waals surface area contributed by atoms with Crippen molar-refractivity contribution in [1.29, 1.82) is 0 Å². The van der Waals surface area contributed by atoms with Crippen LogP contribution in [0, 0.1) is 0 Å². The Morgan fingerprint density at radius 1 is 1.04 bits per heavy atom. The molecule has 1 aromatic rings. The van der Waals surface area contributed by atoms with Gasteiger partial charge in [-0.2, -0.15) is 0 Å². The summed E-state index contributed by atoms with van der Waals surface area (Å²) in [6, 6.07) is 5.42. The summed E-state index contributed by atoms with van der Waals surface area (Å²) in [6.07, 6.45) is -4.87. The van der Waals surface area contributed by atoms with Gasteiger partial charge in [0.2, 0.25) is 0 Å². The number of ketones is 1. The summed E-state index contributed by atoms with van der Waals surface area (Å²) in [4.78, 5) is 22.8. The minimum Gasteiger partial charge on any atom is 1.00 e. The van der Waals surface area contributed by atoms with E-state index in [-0.39, 0.29) is 62.3 Å². The van der Waals surface area contributed by atoms with Gasteiger partial charge in [0.05, 0.1) is 0 Å². The van der Waals surface area contributed by atoms with Crippen molar-refractivity contribution in [3.63, 3.8) is 0 Å². The number of carbonyl (C=O) groups excluding carboxylic acids is 2. The van der Waals surface area contributed by atoms with E-state index in [0.717, 1.165) is 0 Å². The summed E-state index contributed by atoms with van der Waals surface area (Å²) in [5.41, 5.74) is 0.358. The fourth-order valence-corrected chi connectivity index (χ4v) is 4.75.